The summed E-state index contributed by atoms with van der Waals surface area (Å²) in [6.07, 6.45) is -7.61. The predicted octanol–water partition coefficient (Wildman–Crippen LogP) is 8.13. The average Bonchev–Trinajstić information content (AvgIpc) is 3.62. The molecule has 5 nitrogen and oxygen atoms in total. The number of alkyl halides is 6. The molecule has 6 rings (SSSR count). The summed E-state index contributed by atoms with van der Waals surface area (Å²) in [5.74, 6) is -1.32. The highest BCUT2D eigenvalue weighted by Gasteiger charge is 2.50. The van der Waals surface area contributed by atoms with E-state index < -0.39 is 53.5 Å². The van der Waals surface area contributed by atoms with Crippen LogP contribution in [-0.4, -0.2) is 39.3 Å². The lowest BCUT2D eigenvalue weighted by Gasteiger charge is -2.36. The molecule has 2 fully saturated rings. The molecule has 0 spiro atoms. The van der Waals surface area contributed by atoms with Gasteiger partial charge in [0.25, 0.3) is 0 Å². The fraction of sp³-hybridized carbons (Fsp3) is 0.353. The summed E-state index contributed by atoms with van der Waals surface area (Å²) in [5.41, 5.74) is -0.565. The monoisotopic (exact) mass is 645 g/mol. The highest BCUT2D eigenvalue weighted by molar-refractivity contribution is 5.79. The van der Waals surface area contributed by atoms with Crippen molar-refractivity contribution < 1.29 is 40.3 Å². The van der Waals surface area contributed by atoms with Gasteiger partial charge in [-0.2, -0.15) is 31.4 Å². The molecule has 2 saturated heterocycles. The third-order valence-electron chi connectivity index (χ3n) is 8.88. The number of hydrogen-bond acceptors (Lipinski definition) is 3. The number of rotatable bonds is 7. The topological polar surface area (TPSA) is 47.4 Å². The molecule has 0 N–H and O–H groups in total. The molecular formula is C34H30F7N3O2. The van der Waals surface area contributed by atoms with Gasteiger partial charge in [0.1, 0.15) is 5.82 Å². The number of carbonyl (C=O) groups is 1. The molecule has 1 amide bonds. The van der Waals surface area contributed by atoms with E-state index in [2.05, 4.69) is 5.10 Å². The normalized spacial score (nSPS) is 22.6. The van der Waals surface area contributed by atoms with Crippen LogP contribution in [0.3, 0.4) is 0 Å². The van der Waals surface area contributed by atoms with Crippen molar-refractivity contribution in [2.45, 2.75) is 68.7 Å². The second kappa shape index (κ2) is 12.2. The zero-order chi connectivity index (χ0) is 32.8. The van der Waals surface area contributed by atoms with Crippen LogP contribution in [0.2, 0.25) is 0 Å². The van der Waals surface area contributed by atoms with Crippen molar-refractivity contribution in [2.75, 3.05) is 6.54 Å². The summed E-state index contributed by atoms with van der Waals surface area (Å²) in [5, 5.41) is 4.49. The summed E-state index contributed by atoms with van der Waals surface area (Å²) < 4.78 is 103. The van der Waals surface area contributed by atoms with Crippen LogP contribution in [0, 0.1) is 5.82 Å². The Balaban J connectivity index is 1.28. The van der Waals surface area contributed by atoms with E-state index in [0.717, 1.165) is 11.1 Å². The largest absolute Gasteiger partial charge is 0.416 e. The molecule has 46 heavy (non-hydrogen) atoms. The van der Waals surface area contributed by atoms with Gasteiger partial charge in [0, 0.05) is 31.1 Å². The Morgan fingerprint density at radius 3 is 2.20 bits per heavy atom. The molecule has 3 heterocycles. The van der Waals surface area contributed by atoms with Crippen molar-refractivity contribution in [2.24, 2.45) is 0 Å². The van der Waals surface area contributed by atoms with Crippen LogP contribution < -0.4 is 0 Å². The molecule has 0 radical (unpaired) electrons. The minimum atomic E-state index is -5.00. The van der Waals surface area contributed by atoms with Gasteiger partial charge in [-0.3, -0.25) is 9.48 Å². The minimum Gasteiger partial charge on any atom is -0.368 e. The Morgan fingerprint density at radius 2 is 1.57 bits per heavy atom. The molecule has 4 unspecified atom stereocenters. The number of ether oxygens (including phenoxy) is 1. The van der Waals surface area contributed by atoms with Gasteiger partial charge in [0.2, 0.25) is 5.91 Å². The number of carbonyl (C=O) groups excluding carboxylic acids is 1. The van der Waals surface area contributed by atoms with E-state index in [1.165, 1.54) is 19.1 Å². The molecule has 12 heteroatoms. The fourth-order valence-corrected chi connectivity index (χ4v) is 6.65. The molecule has 0 saturated carbocycles. The second-order valence-corrected chi connectivity index (χ2v) is 11.9. The van der Waals surface area contributed by atoms with Crippen LogP contribution in [-0.2, 0) is 28.4 Å². The van der Waals surface area contributed by atoms with E-state index in [1.54, 1.807) is 27.9 Å². The number of amides is 1. The summed E-state index contributed by atoms with van der Waals surface area (Å²) in [6, 6.07) is 16.4. The lowest BCUT2D eigenvalue weighted by Crippen LogP contribution is -2.43. The quantitative estimate of drug-likeness (QED) is 0.191. The Bertz CT molecular complexity index is 1650. The van der Waals surface area contributed by atoms with Gasteiger partial charge >= 0.3 is 12.4 Å². The first-order chi connectivity index (χ1) is 21.8. The molecule has 2 aliphatic rings. The zero-order valence-electron chi connectivity index (χ0n) is 24.6. The molecule has 4 aromatic rings. The van der Waals surface area contributed by atoms with Crippen molar-refractivity contribution in [3.63, 3.8) is 0 Å². The van der Waals surface area contributed by atoms with Crippen LogP contribution in [0.1, 0.15) is 71.1 Å². The summed E-state index contributed by atoms with van der Waals surface area (Å²) in [4.78, 5) is 15.2. The third-order valence-corrected chi connectivity index (χ3v) is 8.88. The lowest BCUT2D eigenvalue weighted by molar-refractivity contribution is -0.143. The molecule has 2 aliphatic heterocycles. The first-order valence-electron chi connectivity index (χ1n) is 14.8. The number of nitrogens with zero attached hydrogens (tertiary/aromatic N) is 3. The molecule has 1 aromatic heterocycles. The minimum absolute atomic E-state index is 0.0775. The van der Waals surface area contributed by atoms with E-state index in [0.29, 0.717) is 30.7 Å². The van der Waals surface area contributed by atoms with Crippen molar-refractivity contribution >= 4 is 5.91 Å². The lowest BCUT2D eigenvalue weighted by atomic mass is 9.80. The van der Waals surface area contributed by atoms with Gasteiger partial charge in [-0.1, -0.05) is 42.5 Å². The highest BCUT2D eigenvalue weighted by Crippen LogP contribution is 2.46. The first kappa shape index (κ1) is 31.8. The fourth-order valence-electron chi connectivity index (χ4n) is 6.65. The average molecular weight is 646 g/mol. The number of hydrogen-bond donors (Lipinski definition) is 0. The first-order valence-corrected chi connectivity index (χ1v) is 14.8. The highest BCUT2D eigenvalue weighted by atomic mass is 19.4. The Morgan fingerprint density at radius 1 is 0.913 bits per heavy atom. The van der Waals surface area contributed by atoms with Crippen LogP contribution in [0.4, 0.5) is 30.7 Å². The molecule has 0 bridgehead atoms. The molecular weight excluding hydrogens is 615 g/mol. The zero-order valence-corrected chi connectivity index (χ0v) is 24.6. The molecule has 0 aliphatic carbocycles. The standard InChI is InChI=1S/C34H30F7N3O2/c1-20(23-11-26(33(36,37)38)15-27(12-23)34(39,40)41)46-30-19-44-29(32(30)22-7-9-28(35)10-8-22)13-24(14-31(44)45)25-16-42-43(18-25)17-21-5-3-2-4-6-21/h2-12,15-16,18,20,24,29-30,32H,13-14,17,19H2,1H3/t20?,24?,29?,30-,32?/m0/s1. The smallest absolute Gasteiger partial charge is 0.368 e. The maximum atomic E-state index is 13.9. The van der Waals surface area contributed by atoms with E-state index in [9.17, 15) is 35.5 Å². The van der Waals surface area contributed by atoms with Gasteiger partial charge in [-0.05, 0) is 71.8 Å². The van der Waals surface area contributed by atoms with E-state index in [1.807, 2.05) is 36.5 Å². The number of piperidine rings is 1. The van der Waals surface area contributed by atoms with Crippen LogP contribution >= 0.6 is 0 Å². The van der Waals surface area contributed by atoms with E-state index in [-0.39, 0.29) is 36.4 Å². The SMILES string of the molecule is CC(O[C@H]1CN2C(=O)CC(c3cnn(Cc4ccccc4)c3)CC2C1c1ccc(F)cc1)c1cc(C(F)(F)F)cc(C(F)(F)F)c1. The Kier molecular flexibility index (Phi) is 8.43. The number of aromatic nitrogens is 2. The van der Waals surface area contributed by atoms with Crippen molar-refractivity contribution in [1.82, 2.24) is 14.7 Å². The summed E-state index contributed by atoms with van der Waals surface area (Å²) >= 11 is 0. The summed E-state index contributed by atoms with van der Waals surface area (Å²) in [7, 11) is 0. The van der Waals surface area contributed by atoms with Crippen LogP contribution in [0.5, 0.6) is 0 Å². The van der Waals surface area contributed by atoms with Gasteiger partial charge in [-0.15, -0.1) is 0 Å². The van der Waals surface area contributed by atoms with Crippen molar-refractivity contribution in [1.29, 1.82) is 0 Å². The van der Waals surface area contributed by atoms with Crippen molar-refractivity contribution in [3.05, 3.63) is 124 Å². The number of halogens is 7. The molecule has 5 atom stereocenters. The van der Waals surface area contributed by atoms with E-state index in [4.69, 9.17) is 4.74 Å². The van der Waals surface area contributed by atoms with Crippen LogP contribution in [0.25, 0.3) is 0 Å². The Labute approximate surface area is 260 Å². The van der Waals surface area contributed by atoms with E-state index >= 15 is 0 Å². The maximum absolute atomic E-state index is 13.9. The predicted molar refractivity (Wildman–Crippen MR) is 154 cm³/mol. The third kappa shape index (κ3) is 6.67. The molecule has 242 valence electrons. The van der Waals surface area contributed by atoms with Crippen molar-refractivity contribution in [3.8, 4) is 0 Å². The number of fused-ring (bicyclic) bond motifs is 1. The van der Waals surface area contributed by atoms with Gasteiger partial charge < -0.3 is 9.64 Å². The number of benzene rings is 3. The summed E-state index contributed by atoms with van der Waals surface area (Å²) in [6.45, 7) is 2.02. The van der Waals surface area contributed by atoms with Gasteiger partial charge in [0.05, 0.1) is 36.1 Å². The molecule has 3 aromatic carbocycles. The van der Waals surface area contributed by atoms with Gasteiger partial charge in [0.15, 0.2) is 0 Å². The Hall–Kier alpha value is -4.19. The second-order valence-electron chi connectivity index (χ2n) is 11.9. The van der Waals surface area contributed by atoms with Crippen LogP contribution in [0.15, 0.2) is 85.2 Å². The maximum Gasteiger partial charge on any atom is 0.416 e. The van der Waals surface area contributed by atoms with Gasteiger partial charge in [-0.25, -0.2) is 4.39 Å².